The van der Waals surface area contributed by atoms with Crippen LogP contribution in [-0.4, -0.2) is 24.3 Å². The number of hydrogen-bond acceptors (Lipinski definition) is 2. The second-order valence-electron chi connectivity index (χ2n) is 6.89. The SMILES string of the molecule is CC/C=C\C=C1\C=C(C(=O)CCN(C)Cc2ccc(C(F)(F)F)cc2)C=CC1. The molecule has 1 aliphatic carbocycles. The Hall–Kier alpha value is -2.40. The Morgan fingerprint density at radius 2 is 1.93 bits per heavy atom. The predicted octanol–water partition coefficient (Wildman–Crippen LogP) is 5.88. The van der Waals surface area contributed by atoms with Crippen molar-refractivity contribution in [3.63, 3.8) is 0 Å². The molecule has 150 valence electrons. The monoisotopic (exact) mass is 389 g/mol. The van der Waals surface area contributed by atoms with E-state index in [2.05, 4.69) is 13.0 Å². The average molecular weight is 389 g/mol. The molecular formula is C23H26F3NO. The summed E-state index contributed by atoms with van der Waals surface area (Å²) in [7, 11) is 1.86. The zero-order valence-corrected chi connectivity index (χ0v) is 16.3. The largest absolute Gasteiger partial charge is 0.416 e. The van der Waals surface area contributed by atoms with E-state index in [-0.39, 0.29) is 5.78 Å². The van der Waals surface area contributed by atoms with Crippen molar-refractivity contribution in [2.75, 3.05) is 13.6 Å². The van der Waals surface area contributed by atoms with Crippen LogP contribution < -0.4 is 0 Å². The molecule has 1 aliphatic rings. The minimum absolute atomic E-state index is 0.0700. The van der Waals surface area contributed by atoms with Crippen LogP contribution in [-0.2, 0) is 17.5 Å². The molecule has 0 heterocycles. The van der Waals surface area contributed by atoms with E-state index in [4.69, 9.17) is 0 Å². The molecule has 1 aromatic rings. The average Bonchev–Trinajstić information content (AvgIpc) is 2.66. The quantitative estimate of drug-likeness (QED) is 0.554. The van der Waals surface area contributed by atoms with Crippen molar-refractivity contribution in [1.82, 2.24) is 4.90 Å². The van der Waals surface area contributed by atoms with Crippen molar-refractivity contribution < 1.29 is 18.0 Å². The van der Waals surface area contributed by atoms with Crippen LogP contribution in [0.25, 0.3) is 0 Å². The van der Waals surface area contributed by atoms with Crippen molar-refractivity contribution >= 4 is 5.78 Å². The first-order valence-corrected chi connectivity index (χ1v) is 9.41. The molecule has 28 heavy (non-hydrogen) atoms. The molecule has 0 fully saturated rings. The van der Waals surface area contributed by atoms with E-state index in [1.165, 1.54) is 12.1 Å². The maximum Gasteiger partial charge on any atom is 0.416 e. The van der Waals surface area contributed by atoms with Crippen LogP contribution in [0.4, 0.5) is 13.2 Å². The summed E-state index contributed by atoms with van der Waals surface area (Å²) in [6.45, 7) is 3.11. The standard InChI is InChI=1S/C23H26F3NO/c1-3-4-5-7-18-8-6-9-20(16-18)22(28)14-15-27(2)17-19-10-12-21(13-11-19)23(24,25)26/h4-7,9-13,16H,3,8,14-15,17H2,1-2H3/b5-4-,18-7+. The number of rotatable bonds is 8. The number of nitrogens with zero attached hydrogens (tertiary/aromatic N) is 1. The number of benzene rings is 1. The lowest BCUT2D eigenvalue weighted by molar-refractivity contribution is -0.137. The Morgan fingerprint density at radius 3 is 2.57 bits per heavy atom. The first-order chi connectivity index (χ1) is 13.3. The van der Waals surface area contributed by atoms with Crippen molar-refractivity contribution in [2.24, 2.45) is 0 Å². The summed E-state index contributed by atoms with van der Waals surface area (Å²) in [6.07, 6.45) is 9.71. The highest BCUT2D eigenvalue weighted by Gasteiger charge is 2.29. The molecule has 5 heteroatoms. The Labute approximate surface area is 164 Å². The third-order valence-corrected chi connectivity index (χ3v) is 4.45. The lowest BCUT2D eigenvalue weighted by atomic mass is 9.97. The van der Waals surface area contributed by atoms with Crippen molar-refractivity contribution in [3.05, 3.63) is 83.0 Å². The fraction of sp³-hybridized carbons (Fsp3) is 0.348. The van der Waals surface area contributed by atoms with Gasteiger partial charge in [-0.2, -0.15) is 13.2 Å². The molecule has 2 nitrogen and oxygen atoms in total. The first kappa shape index (κ1) is 21.9. The molecule has 0 aromatic heterocycles. The van der Waals surface area contributed by atoms with E-state index in [1.54, 1.807) is 0 Å². The third kappa shape index (κ3) is 6.97. The smallest absolute Gasteiger partial charge is 0.302 e. The molecule has 0 bridgehead atoms. The fourth-order valence-corrected chi connectivity index (χ4v) is 2.87. The molecule has 0 atom stereocenters. The summed E-state index contributed by atoms with van der Waals surface area (Å²) in [6, 6.07) is 5.14. The normalized spacial score (nSPS) is 16.2. The van der Waals surface area contributed by atoms with E-state index < -0.39 is 11.7 Å². The minimum Gasteiger partial charge on any atom is -0.302 e. The van der Waals surface area contributed by atoms with Gasteiger partial charge in [-0.3, -0.25) is 4.79 Å². The van der Waals surface area contributed by atoms with Gasteiger partial charge in [0, 0.05) is 25.1 Å². The number of Topliss-reactive ketones (excluding diaryl/α,β-unsaturated/α-hetero) is 1. The lowest BCUT2D eigenvalue weighted by Gasteiger charge is -2.17. The van der Waals surface area contributed by atoms with Gasteiger partial charge in [0.25, 0.3) is 0 Å². The van der Waals surface area contributed by atoms with Gasteiger partial charge >= 0.3 is 6.18 Å². The first-order valence-electron chi connectivity index (χ1n) is 9.41. The van der Waals surface area contributed by atoms with Gasteiger partial charge in [-0.25, -0.2) is 0 Å². The molecule has 0 N–H and O–H groups in total. The highest BCUT2D eigenvalue weighted by Crippen LogP contribution is 2.29. The van der Waals surface area contributed by atoms with E-state index in [0.29, 0.717) is 25.1 Å². The van der Waals surface area contributed by atoms with Crippen molar-refractivity contribution in [1.29, 1.82) is 0 Å². The molecule has 1 aromatic carbocycles. The zero-order valence-electron chi connectivity index (χ0n) is 16.3. The van der Waals surface area contributed by atoms with Crippen molar-refractivity contribution in [3.8, 4) is 0 Å². The number of halogens is 3. The Kier molecular flexibility index (Phi) is 8.00. The van der Waals surface area contributed by atoms with Gasteiger partial charge in [-0.15, -0.1) is 0 Å². The van der Waals surface area contributed by atoms with E-state index >= 15 is 0 Å². The van der Waals surface area contributed by atoms with Crippen LogP contribution in [0.15, 0.2) is 71.9 Å². The van der Waals surface area contributed by atoms with Crippen LogP contribution >= 0.6 is 0 Å². The zero-order chi connectivity index (χ0) is 20.6. The van der Waals surface area contributed by atoms with E-state index in [0.717, 1.165) is 36.1 Å². The summed E-state index contributed by atoms with van der Waals surface area (Å²) in [5.41, 5.74) is 1.94. The molecule has 0 saturated heterocycles. The summed E-state index contributed by atoms with van der Waals surface area (Å²) in [5.74, 6) is 0.0700. The summed E-state index contributed by atoms with van der Waals surface area (Å²) >= 11 is 0. The van der Waals surface area contributed by atoms with Crippen LogP contribution in [0, 0.1) is 0 Å². The molecule has 0 aliphatic heterocycles. The molecule has 0 amide bonds. The van der Waals surface area contributed by atoms with Crippen LogP contribution in [0.3, 0.4) is 0 Å². The maximum atomic E-state index is 12.6. The number of hydrogen-bond donors (Lipinski definition) is 0. The van der Waals surface area contributed by atoms with Crippen LogP contribution in [0.5, 0.6) is 0 Å². The highest BCUT2D eigenvalue weighted by atomic mass is 19.4. The van der Waals surface area contributed by atoms with Gasteiger partial charge in [-0.05, 0) is 49.2 Å². The van der Waals surface area contributed by atoms with Gasteiger partial charge in [0.1, 0.15) is 0 Å². The van der Waals surface area contributed by atoms with Gasteiger partial charge in [0.2, 0.25) is 0 Å². The second kappa shape index (κ2) is 10.2. The Balaban J connectivity index is 1.87. The molecule has 0 saturated carbocycles. The van der Waals surface area contributed by atoms with Gasteiger partial charge < -0.3 is 4.90 Å². The number of allylic oxidation sites excluding steroid dienone is 8. The minimum atomic E-state index is -4.32. The summed E-state index contributed by atoms with van der Waals surface area (Å²) < 4.78 is 37.8. The lowest BCUT2D eigenvalue weighted by Crippen LogP contribution is -2.22. The van der Waals surface area contributed by atoms with Gasteiger partial charge in [0.05, 0.1) is 5.56 Å². The topological polar surface area (TPSA) is 20.3 Å². The summed E-state index contributed by atoms with van der Waals surface area (Å²) in [5, 5.41) is 0. The van der Waals surface area contributed by atoms with Gasteiger partial charge in [-0.1, -0.05) is 49.4 Å². The summed E-state index contributed by atoms with van der Waals surface area (Å²) in [4.78, 5) is 14.4. The van der Waals surface area contributed by atoms with Crippen molar-refractivity contribution in [2.45, 2.75) is 38.9 Å². The maximum absolute atomic E-state index is 12.6. The third-order valence-electron chi connectivity index (χ3n) is 4.45. The van der Waals surface area contributed by atoms with Crippen LogP contribution in [0.2, 0.25) is 0 Å². The number of carbonyl (C=O) groups is 1. The fourth-order valence-electron chi connectivity index (χ4n) is 2.87. The molecule has 0 spiro atoms. The molecular weight excluding hydrogens is 363 g/mol. The number of carbonyl (C=O) groups excluding carboxylic acids is 1. The highest BCUT2D eigenvalue weighted by molar-refractivity contribution is 5.98. The number of alkyl halides is 3. The molecule has 0 unspecified atom stereocenters. The Bertz CT molecular complexity index is 783. The van der Waals surface area contributed by atoms with Crippen LogP contribution in [0.1, 0.15) is 37.3 Å². The molecule has 2 rings (SSSR count). The van der Waals surface area contributed by atoms with E-state index in [1.807, 2.05) is 42.3 Å². The number of ketones is 1. The Morgan fingerprint density at radius 1 is 1.21 bits per heavy atom. The van der Waals surface area contributed by atoms with Gasteiger partial charge in [0.15, 0.2) is 5.78 Å². The molecule has 0 radical (unpaired) electrons. The van der Waals surface area contributed by atoms with E-state index in [9.17, 15) is 18.0 Å². The predicted molar refractivity (Wildman–Crippen MR) is 107 cm³/mol. The second-order valence-corrected chi connectivity index (χ2v) is 6.89.